The number of carbonyl (C=O) groups is 1. The highest BCUT2D eigenvalue weighted by Gasteiger charge is 2.16. The zero-order valence-corrected chi connectivity index (χ0v) is 10.8. The fourth-order valence-electron chi connectivity index (χ4n) is 2.05. The lowest BCUT2D eigenvalue weighted by atomic mass is 10.1. The number of rotatable bonds is 2. The Kier molecular flexibility index (Phi) is 4.55. The zero-order chi connectivity index (χ0) is 13.0. The van der Waals surface area contributed by atoms with Crippen LogP contribution in [0.15, 0.2) is 18.2 Å². The van der Waals surface area contributed by atoms with E-state index in [1.807, 2.05) is 0 Å². The molecule has 1 aromatic carbocycles. The minimum absolute atomic E-state index is 0.0263. The molecule has 2 rings (SSSR count). The van der Waals surface area contributed by atoms with Gasteiger partial charge >= 0.3 is 0 Å². The summed E-state index contributed by atoms with van der Waals surface area (Å²) in [6.45, 7) is 1.77. The minimum Gasteiger partial charge on any atom is -0.348 e. The molecule has 0 spiro atoms. The summed E-state index contributed by atoms with van der Waals surface area (Å²) < 4.78 is 13.0. The van der Waals surface area contributed by atoms with E-state index in [0.717, 1.165) is 32.4 Å². The Balaban J connectivity index is 1.99. The van der Waals surface area contributed by atoms with Crippen LogP contribution in [0.25, 0.3) is 0 Å². The Labute approximate surface area is 111 Å². The smallest absolute Gasteiger partial charge is 0.251 e. The van der Waals surface area contributed by atoms with Gasteiger partial charge < -0.3 is 10.6 Å². The summed E-state index contributed by atoms with van der Waals surface area (Å²) in [5.41, 5.74) is 0.394. The van der Waals surface area contributed by atoms with Gasteiger partial charge in [-0.1, -0.05) is 18.0 Å². The van der Waals surface area contributed by atoms with Crippen molar-refractivity contribution in [3.63, 3.8) is 0 Å². The van der Waals surface area contributed by atoms with Crippen molar-refractivity contribution in [3.8, 4) is 0 Å². The van der Waals surface area contributed by atoms with Crippen LogP contribution >= 0.6 is 11.6 Å². The fourth-order valence-corrected chi connectivity index (χ4v) is 2.23. The third-order valence-electron chi connectivity index (χ3n) is 3.06. The Morgan fingerprint density at radius 2 is 2.28 bits per heavy atom. The van der Waals surface area contributed by atoms with Crippen LogP contribution in [0.1, 0.15) is 29.6 Å². The van der Waals surface area contributed by atoms with Crippen molar-refractivity contribution in [2.24, 2.45) is 0 Å². The van der Waals surface area contributed by atoms with Crippen LogP contribution in [0.4, 0.5) is 4.39 Å². The number of benzene rings is 1. The van der Waals surface area contributed by atoms with Gasteiger partial charge in [-0.2, -0.15) is 0 Å². The molecule has 1 saturated heterocycles. The van der Waals surface area contributed by atoms with Gasteiger partial charge in [0.15, 0.2) is 0 Å². The molecule has 1 unspecified atom stereocenters. The Morgan fingerprint density at radius 1 is 1.44 bits per heavy atom. The number of hydrogen-bond acceptors (Lipinski definition) is 2. The molecule has 0 saturated carbocycles. The van der Waals surface area contributed by atoms with Crippen LogP contribution < -0.4 is 10.6 Å². The summed E-state index contributed by atoms with van der Waals surface area (Å²) >= 11 is 5.66. The van der Waals surface area contributed by atoms with Gasteiger partial charge in [-0.25, -0.2) is 4.39 Å². The number of carbonyl (C=O) groups excluding carboxylic acids is 1. The average Bonchev–Trinajstić information content (AvgIpc) is 2.61. The van der Waals surface area contributed by atoms with Crippen LogP contribution in [0.5, 0.6) is 0 Å². The van der Waals surface area contributed by atoms with Crippen molar-refractivity contribution in [3.05, 3.63) is 34.6 Å². The maximum Gasteiger partial charge on any atom is 0.251 e. The van der Waals surface area contributed by atoms with E-state index in [1.165, 1.54) is 18.2 Å². The molecule has 0 aromatic heterocycles. The monoisotopic (exact) mass is 270 g/mol. The molecule has 1 aliphatic rings. The average molecular weight is 271 g/mol. The van der Waals surface area contributed by atoms with E-state index in [0.29, 0.717) is 5.56 Å². The molecule has 18 heavy (non-hydrogen) atoms. The van der Waals surface area contributed by atoms with E-state index < -0.39 is 5.82 Å². The predicted molar refractivity (Wildman–Crippen MR) is 69.4 cm³/mol. The highest BCUT2D eigenvalue weighted by molar-refractivity contribution is 6.31. The SMILES string of the molecule is O=C(NC1CCCCNC1)c1ccc(F)c(Cl)c1. The Morgan fingerprint density at radius 3 is 3.06 bits per heavy atom. The van der Waals surface area contributed by atoms with E-state index in [4.69, 9.17) is 11.6 Å². The van der Waals surface area contributed by atoms with E-state index in [2.05, 4.69) is 10.6 Å². The van der Waals surface area contributed by atoms with E-state index in [9.17, 15) is 9.18 Å². The molecular formula is C13H16ClFN2O. The van der Waals surface area contributed by atoms with Crippen LogP contribution in [0.3, 0.4) is 0 Å². The van der Waals surface area contributed by atoms with Gasteiger partial charge in [-0.05, 0) is 37.6 Å². The lowest BCUT2D eigenvalue weighted by Gasteiger charge is -2.16. The van der Waals surface area contributed by atoms with Crippen molar-refractivity contribution in [2.45, 2.75) is 25.3 Å². The van der Waals surface area contributed by atoms with Crippen molar-refractivity contribution >= 4 is 17.5 Å². The molecule has 1 atom stereocenters. The molecular weight excluding hydrogens is 255 g/mol. The van der Waals surface area contributed by atoms with Crippen molar-refractivity contribution in [2.75, 3.05) is 13.1 Å². The molecule has 0 radical (unpaired) electrons. The summed E-state index contributed by atoms with van der Waals surface area (Å²) in [5.74, 6) is -0.713. The molecule has 3 nitrogen and oxygen atoms in total. The lowest BCUT2D eigenvalue weighted by Crippen LogP contribution is -2.40. The van der Waals surface area contributed by atoms with Crippen molar-refractivity contribution < 1.29 is 9.18 Å². The topological polar surface area (TPSA) is 41.1 Å². The molecule has 1 fully saturated rings. The Bertz CT molecular complexity index is 431. The summed E-state index contributed by atoms with van der Waals surface area (Å²) in [7, 11) is 0. The van der Waals surface area contributed by atoms with E-state index in [1.54, 1.807) is 0 Å². The molecule has 2 N–H and O–H groups in total. The fraction of sp³-hybridized carbons (Fsp3) is 0.462. The summed E-state index contributed by atoms with van der Waals surface area (Å²) in [6, 6.07) is 4.14. The van der Waals surface area contributed by atoms with Gasteiger partial charge in [0.25, 0.3) is 5.91 Å². The second-order valence-electron chi connectivity index (χ2n) is 4.50. The van der Waals surface area contributed by atoms with E-state index >= 15 is 0 Å². The molecule has 0 bridgehead atoms. The predicted octanol–water partition coefficient (Wildman–Crippen LogP) is 2.35. The molecule has 0 aliphatic carbocycles. The molecule has 1 amide bonds. The highest BCUT2D eigenvalue weighted by Crippen LogP contribution is 2.16. The number of hydrogen-bond donors (Lipinski definition) is 2. The highest BCUT2D eigenvalue weighted by atomic mass is 35.5. The zero-order valence-electron chi connectivity index (χ0n) is 10.0. The van der Waals surface area contributed by atoms with Crippen LogP contribution in [-0.2, 0) is 0 Å². The third kappa shape index (κ3) is 3.43. The molecule has 98 valence electrons. The molecule has 1 aromatic rings. The van der Waals surface area contributed by atoms with Crippen LogP contribution in [-0.4, -0.2) is 25.0 Å². The van der Waals surface area contributed by atoms with Gasteiger partial charge in [-0.3, -0.25) is 4.79 Å². The summed E-state index contributed by atoms with van der Waals surface area (Å²) in [5, 5.41) is 6.19. The largest absolute Gasteiger partial charge is 0.348 e. The number of halogens is 2. The second-order valence-corrected chi connectivity index (χ2v) is 4.91. The summed E-state index contributed by atoms with van der Waals surface area (Å²) in [4.78, 5) is 12.0. The first-order chi connectivity index (χ1) is 8.66. The van der Waals surface area contributed by atoms with E-state index in [-0.39, 0.29) is 17.0 Å². The molecule has 5 heteroatoms. The van der Waals surface area contributed by atoms with Gasteiger partial charge in [0.2, 0.25) is 0 Å². The minimum atomic E-state index is -0.510. The standard InChI is InChI=1S/C13H16ClFN2O/c14-11-7-9(4-5-12(11)15)13(18)17-10-3-1-2-6-16-8-10/h4-5,7,10,16H,1-3,6,8H2,(H,17,18). The summed E-state index contributed by atoms with van der Waals surface area (Å²) in [6.07, 6.45) is 3.20. The number of amides is 1. The molecule has 1 aliphatic heterocycles. The normalized spacial score (nSPS) is 20.2. The van der Waals surface area contributed by atoms with Crippen molar-refractivity contribution in [1.29, 1.82) is 0 Å². The lowest BCUT2D eigenvalue weighted by molar-refractivity contribution is 0.0935. The third-order valence-corrected chi connectivity index (χ3v) is 3.35. The number of nitrogens with one attached hydrogen (secondary N) is 2. The quantitative estimate of drug-likeness (QED) is 0.866. The first-order valence-corrected chi connectivity index (χ1v) is 6.51. The van der Waals surface area contributed by atoms with Gasteiger partial charge in [0.1, 0.15) is 5.82 Å². The van der Waals surface area contributed by atoms with Gasteiger partial charge in [0.05, 0.1) is 5.02 Å². The first kappa shape index (κ1) is 13.3. The van der Waals surface area contributed by atoms with Crippen LogP contribution in [0, 0.1) is 5.82 Å². The van der Waals surface area contributed by atoms with Crippen LogP contribution in [0.2, 0.25) is 5.02 Å². The van der Waals surface area contributed by atoms with Gasteiger partial charge in [-0.15, -0.1) is 0 Å². The molecule has 1 heterocycles. The Hall–Kier alpha value is -1.13. The maximum atomic E-state index is 13.0. The first-order valence-electron chi connectivity index (χ1n) is 6.13. The maximum absolute atomic E-state index is 13.0. The second kappa shape index (κ2) is 6.16. The van der Waals surface area contributed by atoms with Crippen molar-refractivity contribution in [1.82, 2.24) is 10.6 Å². The van der Waals surface area contributed by atoms with Gasteiger partial charge in [0, 0.05) is 18.2 Å².